The molecule has 2 aliphatic heterocycles. The summed E-state index contributed by atoms with van der Waals surface area (Å²) < 4.78 is 10.6. The molecule has 0 radical (unpaired) electrons. The van der Waals surface area contributed by atoms with Crippen molar-refractivity contribution >= 4 is 34.5 Å². The van der Waals surface area contributed by atoms with Gasteiger partial charge in [0.05, 0.1) is 36.8 Å². The van der Waals surface area contributed by atoms with Crippen LogP contribution in [0.4, 0.5) is 0 Å². The highest BCUT2D eigenvalue weighted by atomic mass is 32.2. The second-order valence-corrected chi connectivity index (χ2v) is 7.41. The lowest BCUT2D eigenvalue weighted by Crippen LogP contribution is -2.39. The maximum atomic E-state index is 13.1. The van der Waals surface area contributed by atoms with E-state index < -0.39 is 12.0 Å². The summed E-state index contributed by atoms with van der Waals surface area (Å²) in [6.45, 7) is 2.00. The van der Waals surface area contributed by atoms with Crippen LogP contribution in [0.2, 0.25) is 0 Å². The number of hydrogen-bond acceptors (Lipinski definition) is 6. The Morgan fingerprint density at radius 3 is 2.55 bits per heavy atom. The molecule has 0 aliphatic carbocycles. The average Bonchev–Trinajstić information content (AvgIpc) is 3.14. The minimum atomic E-state index is -0.606. The Bertz CT molecular complexity index is 999. The maximum Gasteiger partial charge on any atom is 0.338 e. The van der Waals surface area contributed by atoms with Crippen molar-refractivity contribution in [3.8, 4) is 5.75 Å². The number of ether oxygens (including phenoxy) is 2. The molecule has 6 nitrogen and oxygen atoms in total. The fourth-order valence-electron chi connectivity index (χ4n) is 3.46. The lowest BCUT2D eigenvalue weighted by atomic mass is 9.92. The molecular weight excluding hydrogens is 388 g/mol. The summed E-state index contributed by atoms with van der Waals surface area (Å²) in [7, 11) is 1.60. The number of aliphatic imine (C=N–C) groups is 1. The number of fused-ring (bicyclic) bond motifs is 1. The summed E-state index contributed by atoms with van der Waals surface area (Å²) in [6.07, 6.45) is 0. The van der Waals surface area contributed by atoms with Crippen molar-refractivity contribution in [2.24, 2.45) is 4.99 Å². The molecule has 1 atom stereocenters. The van der Waals surface area contributed by atoms with Crippen LogP contribution in [0.1, 0.15) is 24.1 Å². The topological polar surface area (TPSA) is 68.2 Å². The van der Waals surface area contributed by atoms with Gasteiger partial charge in [-0.1, -0.05) is 54.2 Å². The Balaban J connectivity index is 1.94. The standard InChI is InChI=1S/C22H20N2O4S/c1-3-28-21(26)18-19(14-7-5-4-6-8-14)23-22-24(17(25)13-29-22)20(18)15-9-11-16(27-2)12-10-15/h4-12,20H,3,13H2,1-2H3. The lowest BCUT2D eigenvalue weighted by Gasteiger charge is -2.33. The molecule has 2 heterocycles. The maximum absolute atomic E-state index is 13.1. The molecule has 1 unspecified atom stereocenters. The molecule has 29 heavy (non-hydrogen) atoms. The molecule has 1 saturated heterocycles. The van der Waals surface area contributed by atoms with Crippen molar-refractivity contribution in [1.82, 2.24) is 4.90 Å². The number of benzene rings is 2. The average molecular weight is 408 g/mol. The van der Waals surface area contributed by atoms with Gasteiger partial charge in [-0.15, -0.1) is 0 Å². The molecule has 0 bridgehead atoms. The lowest BCUT2D eigenvalue weighted by molar-refractivity contribution is -0.139. The highest BCUT2D eigenvalue weighted by molar-refractivity contribution is 8.15. The molecule has 1 amide bonds. The first-order chi connectivity index (χ1) is 14.1. The first-order valence-corrected chi connectivity index (χ1v) is 10.3. The number of hydrogen-bond donors (Lipinski definition) is 0. The molecule has 0 saturated carbocycles. The highest BCUT2D eigenvalue weighted by Gasteiger charge is 2.44. The molecule has 7 heteroatoms. The van der Waals surface area contributed by atoms with Crippen molar-refractivity contribution < 1.29 is 19.1 Å². The van der Waals surface area contributed by atoms with Crippen LogP contribution in [-0.4, -0.2) is 41.4 Å². The minimum absolute atomic E-state index is 0.0801. The zero-order valence-electron chi connectivity index (χ0n) is 16.1. The van der Waals surface area contributed by atoms with Gasteiger partial charge in [-0.3, -0.25) is 9.69 Å². The number of carbonyl (C=O) groups is 2. The van der Waals surface area contributed by atoms with Gasteiger partial charge in [0.15, 0.2) is 5.17 Å². The van der Waals surface area contributed by atoms with Gasteiger partial charge >= 0.3 is 5.97 Å². The van der Waals surface area contributed by atoms with Crippen molar-refractivity contribution in [2.75, 3.05) is 19.5 Å². The number of methoxy groups -OCH3 is 1. The fourth-order valence-corrected chi connectivity index (χ4v) is 4.36. The predicted octanol–water partition coefficient (Wildman–Crippen LogP) is 3.66. The molecule has 2 aromatic carbocycles. The minimum Gasteiger partial charge on any atom is -0.497 e. The van der Waals surface area contributed by atoms with Crippen molar-refractivity contribution in [1.29, 1.82) is 0 Å². The first-order valence-electron chi connectivity index (χ1n) is 9.28. The molecule has 2 aromatic rings. The van der Waals surface area contributed by atoms with Gasteiger partial charge in [-0.2, -0.15) is 0 Å². The van der Waals surface area contributed by atoms with Crippen LogP contribution in [-0.2, 0) is 14.3 Å². The Morgan fingerprint density at radius 1 is 1.17 bits per heavy atom. The zero-order valence-corrected chi connectivity index (χ0v) is 16.9. The SMILES string of the molecule is CCOC(=O)C1=C(c2ccccc2)N=C2SCC(=O)N2C1c1ccc(OC)cc1. The van der Waals surface area contributed by atoms with Crippen LogP contribution in [0.3, 0.4) is 0 Å². The third-order valence-electron chi connectivity index (χ3n) is 4.77. The van der Waals surface area contributed by atoms with E-state index >= 15 is 0 Å². The molecule has 4 rings (SSSR count). The van der Waals surface area contributed by atoms with Crippen LogP contribution in [0.25, 0.3) is 5.70 Å². The predicted molar refractivity (Wildman–Crippen MR) is 112 cm³/mol. The Kier molecular flexibility index (Phi) is 5.40. The smallest absolute Gasteiger partial charge is 0.338 e. The van der Waals surface area contributed by atoms with Gasteiger partial charge in [0.1, 0.15) is 5.75 Å². The van der Waals surface area contributed by atoms with E-state index in [1.165, 1.54) is 11.8 Å². The van der Waals surface area contributed by atoms with E-state index in [0.29, 0.717) is 27.9 Å². The van der Waals surface area contributed by atoms with Gasteiger partial charge in [-0.05, 0) is 24.6 Å². The van der Waals surface area contributed by atoms with Gasteiger partial charge in [0, 0.05) is 5.56 Å². The molecule has 148 valence electrons. The van der Waals surface area contributed by atoms with E-state index in [9.17, 15) is 9.59 Å². The number of amidine groups is 1. The largest absolute Gasteiger partial charge is 0.497 e. The number of rotatable bonds is 5. The number of amides is 1. The first kappa shape index (κ1) is 19.3. The molecule has 1 fully saturated rings. The summed E-state index contributed by atoms with van der Waals surface area (Å²) in [5.41, 5.74) is 2.51. The van der Waals surface area contributed by atoms with Gasteiger partial charge < -0.3 is 9.47 Å². The Morgan fingerprint density at radius 2 is 1.90 bits per heavy atom. The summed E-state index contributed by atoms with van der Waals surface area (Å²) in [4.78, 5) is 32.1. The van der Waals surface area contributed by atoms with Crippen LogP contribution in [0, 0.1) is 0 Å². The number of esters is 1. The van der Waals surface area contributed by atoms with E-state index in [1.54, 1.807) is 18.9 Å². The Labute approximate surface area is 173 Å². The fraction of sp³-hybridized carbons (Fsp3) is 0.227. The van der Waals surface area contributed by atoms with Crippen LogP contribution < -0.4 is 4.74 Å². The summed E-state index contributed by atoms with van der Waals surface area (Å²) in [5.74, 6) is 0.442. The van der Waals surface area contributed by atoms with Crippen LogP contribution in [0.5, 0.6) is 5.75 Å². The molecule has 0 N–H and O–H groups in total. The van der Waals surface area contributed by atoms with E-state index in [2.05, 4.69) is 0 Å². The normalized spacial score (nSPS) is 18.4. The third kappa shape index (κ3) is 3.53. The number of nitrogens with zero attached hydrogens (tertiary/aromatic N) is 2. The van der Waals surface area contributed by atoms with Crippen molar-refractivity contribution in [2.45, 2.75) is 13.0 Å². The molecular formula is C22H20N2O4S. The van der Waals surface area contributed by atoms with Crippen molar-refractivity contribution in [3.05, 3.63) is 71.3 Å². The zero-order chi connectivity index (χ0) is 20.4. The number of thioether (sulfide) groups is 1. The summed E-state index contributed by atoms with van der Waals surface area (Å²) in [5, 5.41) is 0.600. The van der Waals surface area contributed by atoms with E-state index in [0.717, 1.165) is 11.1 Å². The van der Waals surface area contributed by atoms with Gasteiger partial charge in [0.2, 0.25) is 5.91 Å². The Hall–Kier alpha value is -3.06. The van der Waals surface area contributed by atoms with Crippen molar-refractivity contribution in [3.63, 3.8) is 0 Å². The summed E-state index contributed by atoms with van der Waals surface area (Å²) in [6, 6.07) is 16.3. The van der Waals surface area contributed by atoms with E-state index in [-0.39, 0.29) is 12.5 Å². The highest BCUT2D eigenvalue weighted by Crippen LogP contribution is 2.44. The van der Waals surface area contributed by atoms with E-state index in [4.69, 9.17) is 14.5 Å². The van der Waals surface area contributed by atoms with Crippen LogP contribution in [0.15, 0.2) is 65.2 Å². The molecule has 2 aliphatic rings. The van der Waals surface area contributed by atoms with E-state index in [1.807, 2.05) is 54.6 Å². The second kappa shape index (κ2) is 8.13. The molecule has 0 spiro atoms. The number of carbonyl (C=O) groups excluding carboxylic acids is 2. The monoisotopic (exact) mass is 408 g/mol. The summed E-state index contributed by atoms with van der Waals surface area (Å²) >= 11 is 1.38. The van der Waals surface area contributed by atoms with Gasteiger partial charge in [-0.25, -0.2) is 9.79 Å². The van der Waals surface area contributed by atoms with Gasteiger partial charge in [0.25, 0.3) is 0 Å². The molecule has 0 aromatic heterocycles. The second-order valence-electron chi connectivity index (χ2n) is 6.47. The third-order valence-corrected chi connectivity index (χ3v) is 5.71. The van der Waals surface area contributed by atoms with Crippen LogP contribution >= 0.6 is 11.8 Å². The quantitative estimate of drug-likeness (QED) is 0.707.